The Labute approximate surface area is 115 Å². The Hall–Kier alpha value is -1.13. The summed E-state index contributed by atoms with van der Waals surface area (Å²) in [5, 5.41) is 9.62. The number of carbonyl (C=O) groups excluding carboxylic acids is 1. The second kappa shape index (κ2) is 5.67. The molecule has 0 aliphatic carbocycles. The Balaban J connectivity index is 0.000000134. The van der Waals surface area contributed by atoms with Gasteiger partial charge in [-0.3, -0.25) is 0 Å². The predicted octanol–water partition coefficient (Wildman–Crippen LogP) is 3.30. The highest BCUT2D eigenvalue weighted by molar-refractivity contribution is 6.42. The fourth-order valence-corrected chi connectivity index (χ4v) is 2.28. The summed E-state index contributed by atoms with van der Waals surface area (Å²) in [5.74, 6) is 0.129. The molecule has 2 saturated heterocycles. The molecule has 3 rings (SSSR count). The SMILES string of the molecule is O=C1OC[C@@H]2CCCN12.Oc1ccc(Cl)c(Cl)c1. The number of aromatic hydroxyl groups is 1. The number of halogens is 2. The number of phenols is 1. The minimum Gasteiger partial charge on any atom is -0.508 e. The summed E-state index contributed by atoms with van der Waals surface area (Å²) in [7, 11) is 0. The largest absolute Gasteiger partial charge is 0.508 e. The Kier molecular flexibility index (Phi) is 4.19. The highest BCUT2D eigenvalue weighted by Gasteiger charge is 2.36. The summed E-state index contributed by atoms with van der Waals surface area (Å²) >= 11 is 11.1. The first-order valence-electron chi connectivity index (χ1n) is 5.65. The monoisotopic (exact) mass is 289 g/mol. The van der Waals surface area contributed by atoms with E-state index in [9.17, 15) is 4.79 Å². The van der Waals surface area contributed by atoms with Gasteiger partial charge in [0.15, 0.2) is 0 Å². The average molecular weight is 290 g/mol. The van der Waals surface area contributed by atoms with Gasteiger partial charge in [-0.2, -0.15) is 0 Å². The number of nitrogens with zero attached hydrogens (tertiary/aromatic N) is 1. The predicted molar refractivity (Wildman–Crippen MR) is 69.2 cm³/mol. The molecule has 98 valence electrons. The summed E-state index contributed by atoms with van der Waals surface area (Å²) in [4.78, 5) is 12.6. The summed E-state index contributed by atoms with van der Waals surface area (Å²) in [6, 6.07) is 4.83. The average Bonchev–Trinajstić information content (AvgIpc) is 2.91. The van der Waals surface area contributed by atoms with Crippen molar-refractivity contribution >= 4 is 29.3 Å². The van der Waals surface area contributed by atoms with Crippen LogP contribution < -0.4 is 0 Å². The Morgan fingerprint density at radius 2 is 2.11 bits per heavy atom. The van der Waals surface area contributed by atoms with Gasteiger partial charge >= 0.3 is 6.09 Å². The van der Waals surface area contributed by atoms with Gasteiger partial charge in [-0.15, -0.1) is 0 Å². The van der Waals surface area contributed by atoms with Crippen molar-refractivity contribution in [2.45, 2.75) is 18.9 Å². The van der Waals surface area contributed by atoms with Crippen LogP contribution in [0.2, 0.25) is 10.0 Å². The van der Waals surface area contributed by atoms with E-state index in [-0.39, 0.29) is 11.8 Å². The molecule has 0 spiro atoms. The van der Waals surface area contributed by atoms with Gasteiger partial charge < -0.3 is 14.7 Å². The van der Waals surface area contributed by atoms with Crippen LogP contribution in [0, 0.1) is 0 Å². The molecule has 1 amide bonds. The molecule has 0 saturated carbocycles. The van der Waals surface area contributed by atoms with Gasteiger partial charge in [0.2, 0.25) is 0 Å². The van der Waals surface area contributed by atoms with E-state index in [2.05, 4.69) is 0 Å². The first-order valence-corrected chi connectivity index (χ1v) is 6.41. The molecule has 0 unspecified atom stereocenters. The first-order chi connectivity index (χ1) is 8.58. The molecular weight excluding hydrogens is 277 g/mol. The second-order valence-electron chi connectivity index (χ2n) is 4.16. The van der Waals surface area contributed by atoms with Crippen molar-refractivity contribution in [2.24, 2.45) is 0 Å². The number of benzene rings is 1. The van der Waals surface area contributed by atoms with E-state index in [4.69, 9.17) is 33.0 Å². The summed E-state index contributed by atoms with van der Waals surface area (Å²) in [6.07, 6.45) is 2.17. The zero-order valence-corrected chi connectivity index (χ0v) is 11.1. The molecule has 0 radical (unpaired) electrons. The zero-order valence-electron chi connectivity index (χ0n) is 9.60. The van der Waals surface area contributed by atoms with E-state index in [1.807, 2.05) is 4.90 Å². The standard InChI is InChI=1S/C6H4Cl2O.C6H9NO2/c7-5-2-1-4(9)3-6(5)8;8-6-7-3-1-2-5(7)4-9-6/h1-3,9H;5H,1-4H2/t;5-/m.0/s1. The van der Waals surface area contributed by atoms with E-state index < -0.39 is 0 Å². The number of phenolic OH excluding ortho intramolecular Hbond substituents is 1. The molecule has 2 fully saturated rings. The second-order valence-corrected chi connectivity index (χ2v) is 4.98. The molecule has 0 aromatic heterocycles. The molecule has 0 bridgehead atoms. The van der Waals surface area contributed by atoms with Gasteiger partial charge in [-0.25, -0.2) is 4.79 Å². The summed E-state index contributed by atoms with van der Waals surface area (Å²) in [6.45, 7) is 1.53. The fourth-order valence-electron chi connectivity index (χ4n) is 1.98. The third kappa shape index (κ3) is 3.00. The number of ether oxygens (including phenoxy) is 1. The van der Waals surface area contributed by atoms with Crippen LogP contribution in [-0.4, -0.2) is 35.3 Å². The Morgan fingerprint density at radius 1 is 1.33 bits per heavy atom. The molecule has 1 atom stereocenters. The Bertz CT molecular complexity index is 453. The van der Waals surface area contributed by atoms with Crippen molar-refractivity contribution in [1.82, 2.24) is 4.90 Å². The van der Waals surface area contributed by atoms with Crippen molar-refractivity contribution in [1.29, 1.82) is 0 Å². The van der Waals surface area contributed by atoms with Crippen molar-refractivity contribution in [3.05, 3.63) is 28.2 Å². The van der Waals surface area contributed by atoms with Crippen LogP contribution in [0.4, 0.5) is 4.79 Å². The Morgan fingerprint density at radius 3 is 2.72 bits per heavy atom. The lowest BCUT2D eigenvalue weighted by atomic mass is 10.2. The van der Waals surface area contributed by atoms with Gasteiger partial charge in [-0.05, 0) is 31.0 Å². The molecule has 18 heavy (non-hydrogen) atoms. The van der Waals surface area contributed by atoms with Gasteiger partial charge in [0.05, 0.1) is 16.1 Å². The maximum atomic E-state index is 10.8. The molecule has 1 aromatic rings. The highest BCUT2D eigenvalue weighted by atomic mass is 35.5. The third-order valence-electron chi connectivity index (χ3n) is 2.91. The number of hydrogen-bond acceptors (Lipinski definition) is 3. The lowest BCUT2D eigenvalue weighted by Crippen LogP contribution is -2.26. The third-order valence-corrected chi connectivity index (χ3v) is 3.65. The van der Waals surface area contributed by atoms with Gasteiger partial charge in [0.1, 0.15) is 12.4 Å². The smallest absolute Gasteiger partial charge is 0.410 e. The van der Waals surface area contributed by atoms with Crippen LogP contribution in [-0.2, 0) is 4.74 Å². The van der Waals surface area contributed by atoms with Crippen LogP contribution in [0.1, 0.15) is 12.8 Å². The van der Waals surface area contributed by atoms with Crippen molar-refractivity contribution in [3.63, 3.8) is 0 Å². The number of fused-ring (bicyclic) bond motifs is 1. The molecule has 4 nitrogen and oxygen atoms in total. The molecule has 2 aliphatic rings. The number of cyclic esters (lactones) is 1. The van der Waals surface area contributed by atoms with E-state index in [0.717, 1.165) is 19.4 Å². The van der Waals surface area contributed by atoms with Crippen LogP contribution in [0.3, 0.4) is 0 Å². The van der Waals surface area contributed by atoms with Crippen molar-refractivity contribution in [2.75, 3.05) is 13.2 Å². The minimum atomic E-state index is -0.113. The van der Waals surface area contributed by atoms with Crippen LogP contribution in [0.5, 0.6) is 5.75 Å². The number of hydrogen-bond donors (Lipinski definition) is 1. The molecule has 2 aliphatic heterocycles. The van der Waals surface area contributed by atoms with E-state index >= 15 is 0 Å². The van der Waals surface area contributed by atoms with Gasteiger partial charge in [0, 0.05) is 6.54 Å². The van der Waals surface area contributed by atoms with Crippen molar-refractivity contribution in [3.8, 4) is 5.75 Å². The number of rotatable bonds is 0. The van der Waals surface area contributed by atoms with Crippen LogP contribution in [0.25, 0.3) is 0 Å². The van der Waals surface area contributed by atoms with Crippen molar-refractivity contribution < 1.29 is 14.6 Å². The molecule has 2 heterocycles. The molecule has 1 aromatic carbocycles. The fraction of sp³-hybridized carbons (Fsp3) is 0.417. The van der Waals surface area contributed by atoms with Gasteiger partial charge in [-0.1, -0.05) is 23.2 Å². The quantitative estimate of drug-likeness (QED) is 0.797. The van der Waals surface area contributed by atoms with Gasteiger partial charge in [0.25, 0.3) is 0 Å². The topological polar surface area (TPSA) is 49.8 Å². The van der Waals surface area contributed by atoms with E-state index in [1.165, 1.54) is 12.1 Å². The maximum absolute atomic E-state index is 10.8. The minimum absolute atomic E-state index is 0.113. The van der Waals surface area contributed by atoms with Crippen LogP contribution >= 0.6 is 23.2 Å². The molecular formula is C12H13Cl2NO3. The summed E-state index contributed by atoms with van der Waals surface area (Å²) in [5.41, 5.74) is 0. The van der Waals surface area contributed by atoms with Crippen LogP contribution in [0.15, 0.2) is 18.2 Å². The number of carbonyl (C=O) groups is 1. The first kappa shape index (κ1) is 13.3. The number of amides is 1. The lowest BCUT2D eigenvalue weighted by Gasteiger charge is -2.08. The molecule has 6 heteroatoms. The molecule has 1 N–H and O–H groups in total. The summed E-state index contributed by atoms with van der Waals surface area (Å²) < 4.78 is 4.81. The normalized spacial score (nSPS) is 21.1. The highest BCUT2D eigenvalue weighted by Crippen LogP contribution is 2.25. The lowest BCUT2D eigenvalue weighted by molar-refractivity contribution is 0.159. The van der Waals surface area contributed by atoms with E-state index in [1.54, 1.807) is 6.07 Å². The maximum Gasteiger partial charge on any atom is 0.410 e. The zero-order chi connectivity index (χ0) is 13.1. The van der Waals surface area contributed by atoms with E-state index in [0.29, 0.717) is 22.7 Å².